The molecule has 1 fully saturated rings. The van der Waals surface area contributed by atoms with E-state index in [4.69, 9.17) is 9.47 Å². The molecule has 1 saturated heterocycles. The standard InChI is InChI=1S/C14H25N5O2/c1-3-10-20-13-16-12(15-2)17-14(18-13)21-11-9-19-7-5-4-6-8-19/h3-11H2,1-2H3,(H,15,16,17,18). The molecular weight excluding hydrogens is 270 g/mol. The molecule has 0 aliphatic carbocycles. The molecule has 0 bridgehead atoms. The van der Waals surface area contributed by atoms with Crippen LogP contribution in [0.1, 0.15) is 32.6 Å². The molecule has 1 aromatic heterocycles. The highest BCUT2D eigenvalue weighted by Crippen LogP contribution is 2.13. The van der Waals surface area contributed by atoms with Crippen molar-refractivity contribution in [1.82, 2.24) is 19.9 Å². The maximum atomic E-state index is 5.65. The molecule has 0 radical (unpaired) electrons. The van der Waals surface area contributed by atoms with Gasteiger partial charge in [0.15, 0.2) is 0 Å². The largest absolute Gasteiger partial charge is 0.463 e. The van der Waals surface area contributed by atoms with Crippen LogP contribution < -0.4 is 14.8 Å². The maximum Gasteiger partial charge on any atom is 0.324 e. The first kappa shape index (κ1) is 15.8. The average Bonchev–Trinajstić information content (AvgIpc) is 2.53. The van der Waals surface area contributed by atoms with E-state index in [0.29, 0.717) is 31.2 Å². The molecule has 7 heteroatoms. The molecule has 2 rings (SSSR count). The summed E-state index contributed by atoms with van der Waals surface area (Å²) in [7, 11) is 1.76. The second kappa shape index (κ2) is 8.61. The number of ether oxygens (including phenoxy) is 2. The Hall–Kier alpha value is -1.63. The van der Waals surface area contributed by atoms with E-state index in [9.17, 15) is 0 Å². The van der Waals surface area contributed by atoms with E-state index >= 15 is 0 Å². The SMILES string of the molecule is CCCOc1nc(NC)nc(OCCN2CCCCC2)n1. The van der Waals surface area contributed by atoms with Gasteiger partial charge >= 0.3 is 12.0 Å². The smallest absolute Gasteiger partial charge is 0.324 e. The number of rotatable bonds is 8. The third-order valence-electron chi connectivity index (χ3n) is 3.34. The first-order valence-electron chi connectivity index (χ1n) is 7.73. The molecule has 2 heterocycles. The summed E-state index contributed by atoms with van der Waals surface area (Å²) in [4.78, 5) is 14.9. The van der Waals surface area contributed by atoms with E-state index in [-0.39, 0.29) is 0 Å². The number of nitrogens with one attached hydrogen (secondary N) is 1. The summed E-state index contributed by atoms with van der Waals surface area (Å²) in [6.07, 6.45) is 4.82. The lowest BCUT2D eigenvalue weighted by Gasteiger charge is -2.25. The zero-order valence-corrected chi connectivity index (χ0v) is 13.0. The van der Waals surface area contributed by atoms with Crippen LogP contribution in [0.5, 0.6) is 12.0 Å². The molecule has 0 atom stereocenters. The Morgan fingerprint density at radius 3 is 2.29 bits per heavy atom. The van der Waals surface area contributed by atoms with Crippen molar-refractivity contribution in [2.45, 2.75) is 32.6 Å². The number of hydrogen-bond donors (Lipinski definition) is 1. The van der Waals surface area contributed by atoms with Crippen molar-refractivity contribution in [2.75, 3.05) is 45.2 Å². The van der Waals surface area contributed by atoms with Crippen molar-refractivity contribution < 1.29 is 9.47 Å². The fraction of sp³-hybridized carbons (Fsp3) is 0.786. The van der Waals surface area contributed by atoms with Crippen molar-refractivity contribution in [1.29, 1.82) is 0 Å². The Kier molecular flexibility index (Phi) is 6.46. The molecule has 1 N–H and O–H groups in total. The predicted octanol–water partition coefficient (Wildman–Crippen LogP) is 1.57. The minimum atomic E-state index is 0.309. The van der Waals surface area contributed by atoms with Gasteiger partial charge in [-0.2, -0.15) is 9.97 Å². The average molecular weight is 295 g/mol. The summed E-state index contributed by atoms with van der Waals surface area (Å²) in [6.45, 7) is 6.43. The molecule has 1 aliphatic heterocycles. The summed E-state index contributed by atoms with van der Waals surface area (Å²) in [5.74, 6) is 0.462. The van der Waals surface area contributed by atoms with Crippen LogP contribution in [0.25, 0.3) is 0 Å². The van der Waals surface area contributed by atoms with Gasteiger partial charge in [0.2, 0.25) is 5.95 Å². The fourth-order valence-corrected chi connectivity index (χ4v) is 2.22. The van der Waals surface area contributed by atoms with Crippen molar-refractivity contribution in [2.24, 2.45) is 0 Å². The van der Waals surface area contributed by atoms with Crippen molar-refractivity contribution in [3.63, 3.8) is 0 Å². The summed E-state index contributed by atoms with van der Waals surface area (Å²) < 4.78 is 11.1. The second-order valence-electron chi connectivity index (χ2n) is 5.07. The highest BCUT2D eigenvalue weighted by Gasteiger charge is 2.11. The van der Waals surface area contributed by atoms with Gasteiger partial charge < -0.3 is 14.8 Å². The van der Waals surface area contributed by atoms with Crippen LogP contribution in [0, 0.1) is 0 Å². The highest BCUT2D eigenvalue weighted by atomic mass is 16.5. The molecule has 0 spiro atoms. The zero-order valence-electron chi connectivity index (χ0n) is 13.0. The summed E-state index contributed by atoms with van der Waals surface area (Å²) >= 11 is 0. The number of likely N-dealkylation sites (tertiary alicyclic amines) is 1. The van der Waals surface area contributed by atoms with E-state index < -0.39 is 0 Å². The summed E-state index contributed by atoms with van der Waals surface area (Å²) in [6, 6.07) is 0.627. The number of anilines is 1. The molecule has 21 heavy (non-hydrogen) atoms. The number of hydrogen-bond acceptors (Lipinski definition) is 7. The quantitative estimate of drug-likeness (QED) is 0.780. The molecular formula is C14H25N5O2. The van der Waals surface area contributed by atoms with Crippen LogP contribution in [-0.2, 0) is 0 Å². The monoisotopic (exact) mass is 295 g/mol. The van der Waals surface area contributed by atoms with E-state index in [2.05, 4.69) is 25.2 Å². The first-order chi connectivity index (χ1) is 10.3. The number of piperidine rings is 1. The van der Waals surface area contributed by atoms with Crippen LogP contribution in [0.3, 0.4) is 0 Å². The first-order valence-corrected chi connectivity index (χ1v) is 7.73. The number of nitrogens with zero attached hydrogens (tertiary/aromatic N) is 4. The minimum absolute atomic E-state index is 0.309. The molecule has 7 nitrogen and oxygen atoms in total. The fourth-order valence-electron chi connectivity index (χ4n) is 2.22. The van der Waals surface area contributed by atoms with Gasteiger partial charge in [-0.1, -0.05) is 13.3 Å². The van der Waals surface area contributed by atoms with E-state index in [1.165, 1.54) is 19.3 Å². The van der Waals surface area contributed by atoms with E-state index in [0.717, 1.165) is 26.1 Å². The lowest BCUT2D eigenvalue weighted by atomic mass is 10.1. The number of aromatic nitrogens is 3. The minimum Gasteiger partial charge on any atom is -0.463 e. The Bertz CT molecular complexity index is 424. The third kappa shape index (κ3) is 5.34. The van der Waals surface area contributed by atoms with Crippen LogP contribution in [0.2, 0.25) is 0 Å². The Morgan fingerprint density at radius 2 is 1.67 bits per heavy atom. The molecule has 0 amide bonds. The van der Waals surface area contributed by atoms with Crippen LogP contribution in [0.4, 0.5) is 5.95 Å². The van der Waals surface area contributed by atoms with Crippen LogP contribution in [0.15, 0.2) is 0 Å². The van der Waals surface area contributed by atoms with E-state index in [1.54, 1.807) is 7.05 Å². The molecule has 0 aromatic carbocycles. The van der Waals surface area contributed by atoms with Crippen molar-refractivity contribution in [3.05, 3.63) is 0 Å². The molecule has 0 unspecified atom stereocenters. The normalized spacial score (nSPS) is 15.7. The highest BCUT2D eigenvalue weighted by molar-refractivity contribution is 5.26. The zero-order chi connectivity index (χ0) is 14.9. The summed E-state index contributed by atoms with van der Waals surface area (Å²) in [5, 5.41) is 2.89. The summed E-state index contributed by atoms with van der Waals surface area (Å²) in [5.41, 5.74) is 0. The van der Waals surface area contributed by atoms with Gasteiger partial charge in [-0.3, -0.25) is 4.90 Å². The lowest BCUT2D eigenvalue weighted by molar-refractivity contribution is 0.175. The Morgan fingerprint density at radius 1 is 1.00 bits per heavy atom. The van der Waals surface area contributed by atoms with Crippen molar-refractivity contribution >= 4 is 5.95 Å². The maximum absolute atomic E-state index is 5.65. The van der Waals surface area contributed by atoms with Gasteiger partial charge in [-0.15, -0.1) is 4.98 Å². The second-order valence-corrected chi connectivity index (χ2v) is 5.07. The van der Waals surface area contributed by atoms with Gasteiger partial charge in [-0.25, -0.2) is 0 Å². The van der Waals surface area contributed by atoms with Gasteiger partial charge in [0.1, 0.15) is 6.61 Å². The predicted molar refractivity (Wildman–Crippen MR) is 80.9 cm³/mol. The molecule has 1 aliphatic rings. The molecule has 118 valence electrons. The van der Waals surface area contributed by atoms with Crippen molar-refractivity contribution in [3.8, 4) is 12.0 Å². The van der Waals surface area contributed by atoms with E-state index in [1.807, 2.05) is 6.92 Å². The van der Waals surface area contributed by atoms with Gasteiger partial charge in [-0.05, 0) is 32.4 Å². The van der Waals surface area contributed by atoms with Gasteiger partial charge in [0, 0.05) is 13.6 Å². The van der Waals surface area contributed by atoms with Crippen LogP contribution in [-0.4, -0.2) is 59.7 Å². The topological polar surface area (TPSA) is 72.4 Å². The molecule has 0 saturated carbocycles. The molecule has 1 aromatic rings. The lowest BCUT2D eigenvalue weighted by Crippen LogP contribution is -2.33. The Balaban J connectivity index is 1.85. The third-order valence-corrected chi connectivity index (χ3v) is 3.34. The Labute approximate surface area is 126 Å². The van der Waals surface area contributed by atoms with Gasteiger partial charge in [0.25, 0.3) is 0 Å². The van der Waals surface area contributed by atoms with Crippen LogP contribution >= 0.6 is 0 Å². The van der Waals surface area contributed by atoms with Gasteiger partial charge in [0.05, 0.1) is 6.61 Å².